The molecule has 0 aliphatic carbocycles. The smallest absolute Gasteiger partial charge is 0.269 e. The summed E-state index contributed by atoms with van der Waals surface area (Å²) in [6.45, 7) is 2.57. The first-order valence-electron chi connectivity index (χ1n) is 6.37. The van der Waals surface area contributed by atoms with Crippen LogP contribution < -0.4 is 22.9 Å². The van der Waals surface area contributed by atoms with Gasteiger partial charge in [0, 0.05) is 12.1 Å². The zero-order valence-corrected chi connectivity index (χ0v) is 12.4. The Balaban J connectivity index is 0.00000220. The number of hydrogen-bond donors (Lipinski definition) is 1. The molecule has 0 fully saturated rings. The van der Waals surface area contributed by atoms with Crippen molar-refractivity contribution in [2.45, 2.75) is 13.0 Å². The number of nitrogens with zero attached hydrogens (tertiary/aromatic N) is 1. The third-order valence-corrected chi connectivity index (χ3v) is 2.80. The summed E-state index contributed by atoms with van der Waals surface area (Å²) in [5.74, 6) is 0.797. The van der Waals surface area contributed by atoms with Gasteiger partial charge in [0.15, 0.2) is 0 Å². The number of non-ortho nitro benzene ring substituents is 1. The number of quaternary nitrogens is 1. The van der Waals surface area contributed by atoms with Crippen molar-refractivity contribution in [1.82, 2.24) is 0 Å². The van der Waals surface area contributed by atoms with Gasteiger partial charge >= 0.3 is 0 Å². The van der Waals surface area contributed by atoms with Crippen molar-refractivity contribution < 1.29 is 27.8 Å². The molecule has 0 radical (unpaired) electrons. The summed E-state index contributed by atoms with van der Waals surface area (Å²) in [6.07, 6.45) is 0. The molecule has 0 saturated heterocycles. The van der Waals surface area contributed by atoms with Crippen LogP contribution in [0.1, 0.15) is 6.92 Å². The van der Waals surface area contributed by atoms with Crippen LogP contribution in [0.2, 0.25) is 0 Å². The molecular weight excluding hydrogens is 292 g/mol. The summed E-state index contributed by atoms with van der Waals surface area (Å²) in [6, 6.07) is 14.4. The molecule has 21 heavy (non-hydrogen) atoms. The SMILES string of the molecule is CC([NH3+])COc1ccc(-c2ccc([N+](=O)[O-])cc2)cc1.[Cl-]. The fourth-order valence-corrected chi connectivity index (χ4v) is 1.76. The van der Waals surface area contributed by atoms with Crippen LogP contribution in [0.4, 0.5) is 5.69 Å². The molecule has 112 valence electrons. The van der Waals surface area contributed by atoms with Crippen molar-refractivity contribution in [2.24, 2.45) is 0 Å². The van der Waals surface area contributed by atoms with Gasteiger partial charge in [0.2, 0.25) is 0 Å². The van der Waals surface area contributed by atoms with Crippen molar-refractivity contribution in [2.75, 3.05) is 6.61 Å². The number of nitro groups is 1. The Kier molecular flexibility index (Phi) is 6.14. The summed E-state index contributed by atoms with van der Waals surface area (Å²) in [7, 11) is 0. The Hall–Kier alpha value is -2.11. The second-order valence-electron chi connectivity index (χ2n) is 4.74. The Morgan fingerprint density at radius 2 is 1.57 bits per heavy atom. The molecule has 0 saturated carbocycles. The second kappa shape index (κ2) is 7.61. The molecule has 3 N–H and O–H groups in total. The van der Waals surface area contributed by atoms with Gasteiger partial charge in [-0.05, 0) is 42.3 Å². The van der Waals surface area contributed by atoms with Gasteiger partial charge in [-0.3, -0.25) is 10.1 Å². The molecule has 5 nitrogen and oxygen atoms in total. The third kappa shape index (κ3) is 4.73. The van der Waals surface area contributed by atoms with E-state index in [1.165, 1.54) is 12.1 Å². The maximum Gasteiger partial charge on any atom is 0.269 e. The number of halogens is 1. The molecule has 0 spiro atoms. The molecule has 0 aromatic heterocycles. The minimum Gasteiger partial charge on any atom is -1.00 e. The topological polar surface area (TPSA) is 80.0 Å². The van der Waals surface area contributed by atoms with Crippen LogP contribution in [0.25, 0.3) is 11.1 Å². The largest absolute Gasteiger partial charge is 1.00 e. The minimum absolute atomic E-state index is 0. The van der Waals surface area contributed by atoms with Crippen LogP contribution in [-0.4, -0.2) is 17.6 Å². The van der Waals surface area contributed by atoms with Gasteiger partial charge in [-0.15, -0.1) is 0 Å². The first-order chi connectivity index (χ1) is 9.56. The lowest BCUT2D eigenvalue weighted by Crippen LogP contribution is -3.00. The highest BCUT2D eigenvalue weighted by atomic mass is 35.5. The lowest BCUT2D eigenvalue weighted by molar-refractivity contribution is -0.417. The lowest BCUT2D eigenvalue weighted by atomic mass is 10.1. The molecule has 0 aliphatic heterocycles. The molecule has 6 heteroatoms. The Labute approximate surface area is 129 Å². The highest BCUT2D eigenvalue weighted by Gasteiger charge is 2.05. The van der Waals surface area contributed by atoms with E-state index in [0.717, 1.165) is 16.9 Å². The fourth-order valence-electron chi connectivity index (χ4n) is 1.76. The summed E-state index contributed by atoms with van der Waals surface area (Å²) >= 11 is 0. The normalized spacial score (nSPS) is 11.3. The van der Waals surface area contributed by atoms with E-state index in [-0.39, 0.29) is 24.1 Å². The number of rotatable bonds is 5. The summed E-state index contributed by atoms with van der Waals surface area (Å²) in [4.78, 5) is 10.2. The average molecular weight is 309 g/mol. The quantitative estimate of drug-likeness (QED) is 0.584. The molecule has 0 aliphatic rings. The molecule has 2 rings (SSSR count). The maximum absolute atomic E-state index is 10.6. The fraction of sp³-hybridized carbons (Fsp3) is 0.200. The molecule has 0 heterocycles. The van der Waals surface area contributed by atoms with Crippen LogP contribution in [0, 0.1) is 10.1 Å². The zero-order valence-electron chi connectivity index (χ0n) is 11.7. The van der Waals surface area contributed by atoms with E-state index in [4.69, 9.17) is 4.74 Å². The van der Waals surface area contributed by atoms with Crippen LogP contribution in [-0.2, 0) is 0 Å². The number of benzene rings is 2. The summed E-state index contributed by atoms with van der Waals surface area (Å²) in [5, 5.41) is 10.6. The first-order valence-corrected chi connectivity index (χ1v) is 6.37. The average Bonchev–Trinajstić information content (AvgIpc) is 2.46. The second-order valence-corrected chi connectivity index (χ2v) is 4.74. The predicted octanol–water partition coefficient (Wildman–Crippen LogP) is -0.725. The summed E-state index contributed by atoms with van der Waals surface area (Å²) < 4.78 is 5.56. The van der Waals surface area contributed by atoms with E-state index in [1.54, 1.807) is 12.1 Å². The van der Waals surface area contributed by atoms with Gasteiger partial charge in [-0.1, -0.05) is 12.1 Å². The predicted molar refractivity (Wildman–Crippen MR) is 76.4 cm³/mol. The van der Waals surface area contributed by atoms with Crippen LogP contribution in [0.3, 0.4) is 0 Å². The molecule has 2 aromatic rings. The van der Waals surface area contributed by atoms with Crippen molar-refractivity contribution in [3.8, 4) is 16.9 Å². The van der Waals surface area contributed by atoms with Gasteiger partial charge in [0.1, 0.15) is 18.4 Å². The third-order valence-electron chi connectivity index (χ3n) is 2.80. The van der Waals surface area contributed by atoms with E-state index in [9.17, 15) is 10.1 Å². The van der Waals surface area contributed by atoms with E-state index in [2.05, 4.69) is 5.73 Å². The highest BCUT2D eigenvalue weighted by molar-refractivity contribution is 5.65. The van der Waals surface area contributed by atoms with Crippen molar-refractivity contribution in [3.63, 3.8) is 0 Å². The first kappa shape index (κ1) is 16.9. The molecule has 1 atom stereocenters. The van der Waals surface area contributed by atoms with E-state index >= 15 is 0 Å². The Morgan fingerprint density at radius 1 is 1.10 bits per heavy atom. The minimum atomic E-state index is -0.402. The highest BCUT2D eigenvalue weighted by Crippen LogP contribution is 2.24. The van der Waals surface area contributed by atoms with E-state index in [0.29, 0.717) is 6.61 Å². The molecule has 0 bridgehead atoms. The monoisotopic (exact) mass is 308 g/mol. The van der Waals surface area contributed by atoms with Crippen LogP contribution in [0.5, 0.6) is 5.75 Å². The van der Waals surface area contributed by atoms with Crippen LogP contribution >= 0.6 is 0 Å². The van der Waals surface area contributed by atoms with Gasteiger partial charge in [-0.25, -0.2) is 0 Å². The van der Waals surface area contributed by atoms with Gasteiger partial charge < -0.3 is 22.9 Å². The number of ether oxygens (including phenoxy) is 1. The van der Waals surface area contributed by atoms with Gasteiger partial charge in [0.05, 0.1) is 4.92 Å². The van der Waals surface area contributed by atoms with Crippen molar-refractivity contribution in [1.29, 1.82) is 0 Å². The zero-order chi connectivity index (χ0) is 14.5. The lowest BCUT2D eigenvalue weighted by Gasteiger charge is -2.08. The van der Waals surface area contributed by atoms with Crippen molar-refractivity contribution >= 4 is 5.69 Å². The molecular formula is C15H17ClN2O3. The number of hydrogen-bond acceptors (Lipinski definition) is 3. The van der Waals surface area contributed by atoms with Crippen LogP contribution in [0.15, 0.2) is 48.5 Å². The standard InChI is InChI=1S/C15H16N2O3.ClH/c1-11(16)10-20-15-8-4-13(5-9-15)12-2-6-14(7-3-12)17(18)19;/h2-9,11H,10,16H2,1H3;1H. The van der Waals surface area contributed by atoms with Crippen molar-refractivity contribution in [3.05, 3.63) is 58.6 Å². The van der Waals surface area contributed by atoms with E-state index in [1.807, 2.05) is 31.2 Å². The summed E-state index contributed by atoms with van der Waals surface area (Å²) in [5.41, 5.74) is 5.89. The number of nitro benzene ring substituents is 1. The van der Waals surface area contributed by atoms with Gasteiger partial charge in [0.25, 0.3) is 5.69 Å². The Bertz CT molecular complexity index is 583. The molecule has 1 unspecified atom stereocenters. The Morgan fingerprint density at radius 3 is 2.00 bits per heavy atom. The maximum atomic E-state index is 10.6. The van der Waals surface area contributed by atoms with Gasteiger partial charge in [-0.2, -0.15) is 0 Å². The van der Waals surface area contributed by atoms with E-state index < -0.39 is 4.92 Å². The molecule has 2 aromatic carbocycles. The molecule has 0 amide bonds.